The molecule has 0 aromatic carbocycles. The van der Waals surface area contributed by atoms with Gasteiger partial charge in [0.25, 0.3) is 0 Å². The van der Waals surface area contributed by atoms with E-state index in [1.54, 1.807) is 0 Å². The van der Waals surface area contributed by atoms with E-state index >= 15 is 0 Å². The smallest absolute Gasteiger partial charge is 0.223 e. The van der Waals surface area contributed by atoms with Gasteiger partial charge in [0.2, 0.25) is 5.91 Å². The first-order chi connectivity index (χ1) is 9.00. The van der Waals surface area contributed by atoms with Gasteiger partial charge in [0, 0.05) is 19.5 Å². The van der Waals surface area contributed by atoms with Gasteiger partial charge in [0.1, 0.15) is 0 Å². The highest BCUT2D eigenvalue weighted by atomic mass is 16.5. The van der Waals surface area contributed by atoms with Crippen molar-refractivity contribution in [3.63, 3.8) is 0 Å². The van der Waals surface area contributed by atoms with Crippen LogP contribution in [0.2, 0.25) is 0 Å². The van der Waals surface area contributed by atoms with Crippen molar-refractivity contribution >= 4 is 5.91 Å². The quantitative estimate of drug-likeness (QED) is 0.849. The Morgan fingerprint density at radius 2 is 1.89 bits per heavy atom. The van der Waals surface area contributed by atoms with Crippen molar-refractivity contribution in [2.45, 2.75) is 51.6 Å². The standard InChI is InChI=1S/C15H28N2O2/c1-15(2)11-17(7-8-19-15)14(18)9-12-3-5-13(10-16)6-4-12/h12-13H,3-11,16H2,1-2H3. The highest BCUT2D eigenvalue weighted by molar-refractivity contribution is 5.76. The van der Waals surface area contributed by atoms with Gasteiger partial charge in [0.05, 0.1) is 12.2 Å². The summed E-state index contributed by atoms with van der Waals surface area (Å²) in [5, 5.41) is 0. The van der Waals surface area contributed by atoms with Gasteiger partial charge in [-0.2, -0.15) is 0 Å². The fourth-order valence-corrected chi connectivity index (χ4v) is 3.28. The third kappa shape index (κ3) is 4.18. The number of nitrogens with two attached hydrogens (primary N) is 1. The minimum absolute atomic E-state index is 0.189. The summed E-state index contributed by atoms with van der Waals surface area (Å²) in [6.07, 6.45) is 5.45. The van der Waals surface area contributed by atoms with Crippen LogP contribution in [0.3, 0.4) is 0 Å². The maximum Gasteiger partial charge on any atom is 0.223 e. The normalized spacial score (nSPS) is 31.2. The van der Waals surface area contributed by atoms with Crippen LogP contribution in [0, 0.1) is 11.8 Å². The summed E-state index contributed by atoms with van der Waals surface area (Å²) in [6.45, 7) is 7.05. The van der Waals surface area contributed by atoms with Crippen LogP contribution in [0.4, 0.5) is 0 Å². The van der Waals surface area contributed by atoms with Crippen LogP contribution < -0.4 is 5.73 Å². The number of hydrogen-bond acceptors (Lipinski definition) is 3. The van der Waals surface area contributed by atoms with Gasteiger partial charge in [-0.25, -0.2) is 0 Å². The molecule has 19 heavy (non-hydrogen) atoms. The Balaban J connectivity index is 1.78. The van der Waals surface area contributed by atoms with Crippen LogP contribution in [0.25, 0.3) is 0 Å². The van der Waals surface area contributed by atoms with E-state index in [-0.39, 0.29) is 5.60 Å². The summed E-state index contributed by atoms with van der Waals surface area (Å²) < 4.78 is 5.66. The average Bonchev–Trinajstić information content (AvgIpc) is 2.38. The van der Waals surface area contributed by atoms with Crippen LogP contribution >= 0.6 is 0 Å². The lowest BCUT2D eigenvalue weighted by Crippen LogP contribution is -2.50. The lowest BCUT2D eigenvalue weighted by Gasteiger charge is -2.39. The average molecular weight is 268 g/mol. The zero-order valence-corrected chi connectivity index (χ0v) is 12.4. The number of amides is 1. The second kappa shape index (κ2) is 6.23. The molecule has 110 valence electrons. The predicted octanol–water partition coefficient (Wildman–Crippen LogP) is 1.78. The van der Waals surface area contributed by atoms with Gasteiger partial charge in [0.15, 0.2) is 0 Å². The first kappa shape index (κ1) is 14.8. The molecular weight excluding hydrogens is 240 g/mol. The van der Waals surface area contributed by atoms with E-state index in [0.29, 0.717) is 30.8 Å². The Labute approximate surface area is 116 Å². The van der Waals surface area contributed by atoms with E-state index < -0.39 is 0 Å². The number of carbonyl (C=O) groups is 1. The monoisotopic (exact) mass is 268 g/mol. The van der Waals surface area contributed by atoms with Crippen LogP contribution in [0.15, 0.2) is 0 Å². The highest BCUT2D eigenvalue weighted by Gasteiger charge is 2.31. The van der Waals surface area contributed by atoms with Gasteiger partial charge in [-0.3, -0.25) is 4.79 Å². The van der Waals surface area contributed by atoms with E-state index in [4.69, 9.17) is 10.5 Å². The van der Waals surface area contributed by atoms with E-state index in [9.17, 15) is 4.79 Å². The molecule has 0 radical (unpaired) electrons. The molecule has 1 aliphatic carbocycles. The van der Waals surface area contributed by atoms with E-state index in [2.05, 4.69) is 13.8 Å². The molecular formula is C15H28N2O2. The Kier molecular flexibility index (Phi) is 4.85. The molecule has 0 atom stereocenters. The third-order valence-corrected chi connectivity index (χ3v) is 4.54. The molecule has 1 aliphatic heterocycles. The molecule has 2 aliphatic rings. The van der Waals surface area contributed by atoms with Gasteiger partial charge < -0.3 is 15.4 Å². The molecule has 1 saturated heterocycles. The van der Waals surface area contributed by atoms with Crippen LogP contribution in [0.5, 0.6) is 0 Å². The van der Waals surface area contributed by atoms with E-state index in [1.165, 1.54) is 25.7 Å². The molecule has 0 bridgehead atoms. The molecule has 2 rings (SSSR count). The van der Waals surface area contributed by atoms with Gasteiger partial charge >= 0.3 is 0 Å². The summed E-state index contributed by atoms with van der Waals surface area (Å²) in [6, 6.07) is 0. The van der Waals surface area contributed by atoms with Crippen LogP contribution in [-0.4, -0.2) is 42.6 Å². The summed E-state index contributed by atoms with van der Waals surface area (Å²) in [5.74, 6) is 1.57. The first-order valence-electron chi connectivity index (χ1n) is 7.62. The van der Waals surface area contributed by atoms with Crippen molar-refractivity contribution in [3.05, 3.63) is 0 Å². The Hall–Kier alpha value is -0.610. The van der Waals surface area contributed by atoms with Crippen molar-refractivity contribution in [3.8, 4) is 0 Å². The van der Waals surface area contributed by atoms with Crippen molar-refractivity contribution < 1.29 is 9.53 Å². The fraction of sp³-hybridized carbons (Fsp3) is 0.933. The number of nitrogens with zero attached hydrogens (tertiary/aromatic N) is 1. The second-order valence-electron chi connectivity index (χ2n) is 6.75. The Bertz CT molecular complexity index is 309. The molecule has 0 aromatic rings. The number of rotatable bonds is 3. The lowest BCUT2D eigenvalue weighted by atomic mass is 9.80. The van der Waals surface area contributed by atoms with Crippen molar-refractivity contribution in [2.24, 2.45) is 17.6 Å². The van der Waals surface area contributed by atoms with Crippen molar-refractivity contribution in [2.75, 3.05) is 26.2 Å². The number of ether oxygens (including phenoxy) is 1. The molecule has 2 fully saturated rings. The molecule has 4 heteroatoms. The molecule has 1 heterocycles. The molecule has 0 spiro atoms. The van der Waals surface area contributed by atoms with Crippen LogP contribution in [0.1, 0.15) is 46.0 Å². The summed E-state index contributed by atoms with van der Waals surface area (Å²) >= 11 is 0. The minimum Gasteiger partial charge on any atom is -0.372 e. The number of morpholine rings is 1. The number of hydrogen-bond donors (Lipinski definition) is 1. The highest BCUT2D eigenvalue weighted by Crippen LogP contribution is 2.31. The molecule has 2 N–H and O–H groups in total. The molecule has 4 nitrogen and oxygen atoms in total. The fourth-order valence-electron chi connectivity index (χ4n) is 3.28. The molecule has 1 amide bonds. The van der Waals surface area contributed by atoms with E-state index in [1.807, 2.05) is 4.90 Å². The Morgan fingerprint density at radius 3 is 2.47 bits per heavy atom. The first-order valence-corrected chi connectivity index (χ1v) is 7.62. The van der Waals surface area contributed by atoms with Crippen molar-refractivity contribution in [1.82, 2.24) is 4.90 Å². The summed E-state index contributed by atoms with van der Waals surface area (Å²) in [5.41, 5.74) is 5.52. The maximum atomic E-state index is 12.4. The predicted molar refractivity (Wildman–Crippen MR) is 75.7 cm³/mol. The van der Waals surface area contributed by atoms with Gasteiger partial charge in [-0.05, 0) is 57.9 Å². The summed E-state index contributed by atoms with van der Waals surface area (Å²) in [7, 11) is 0. The minimum atomic E-state index is -0.189. The third-order valence-electron chi connectivity index (χ3n) is 4.54. The Morgan fingerprint density at radius 1 is 1.26 bits per heavy atom. The topological polar surface area (TPSA) is 55.6 Å². The lowest BCUT2D eigenvalue weighted by molar-refractivity contribution is -0.147. The van der Waals surface area contributed by atoms with Gasteiger partial charge in [-0.15, -0.1) is 0 Å². The van der Waals surface area contributed by atoms with Crippen LogP contribution in [-0.2, 0) is 9.53 Å². The van der Waals surface area contributed by atoms with Gasteiger partial charge in [-0.1, -0.05) is 0 Å². The number of carbonyl (C=O) groups excluding carboxylic acids is 1. The largest absolute Gasteiger partial charge is 0.372 e. The maximum absolute atomic E-state index is 12.4. The molecule has 1 saturated carbocycles. The SMILES string of the molecule is CC1(C)CN(C(=O)CC2CCC(CN)CC2)CCO1. The van der Waals surface area contributed by atoms with E-state index in [0.717, 1.165) is 19.6 Å². The zero-order valence-electron chi connectivity index (χ0n) is 12.4. The van der Waals surface area contributed by atoms with Crippen molar-refractivity contribution in [1.29, 1.82) is 0 Å². The molecule has 0 aromatic heterocycles. The summed E-state index contributed by atoms with van der Waals surface area (Å²) in [4.78, 5) is 14.3. The second-order valence-corrected chi connectivity index (χ2v) is 6.75. The molecule has 0 unspecified atom stereocenters. The zero-order chi connectivity index (χ0) is 13.9.